The van der Waals surface area contributed by atoms with E-state index in [2.05, 4.69) is 21.2 Å². The number of piperazine rings is 1. The summed E-state index contributed by atoms with van der Waals surface area (Å²) in [5.41, 5.74) is 1.94. The Kier molecular flexibility index (Phi) is 4.34. The molecule has 1 saturated heterocycles. The predicted octanol–water partition coefficient (Wildman–Crippen LogP) is 2.65. The largest absolute Gasteiger partial charge is 0.494 e. The zero-order chi connectivity index (χ0) is 17.2. The number of rotatable bonds is 5. The van der Waals surface area contributed by atoms with Crippen LogP contribution in [0.1, 0.15) is 41.7 Å². The molecule has 0 spiro atoms. The molecule has 25 heavy (non-hydrogen) atoms. The molecular formula is C19H24N4O2. The molecule has 1 saturated carbocycles. The van der Waals surface area contributed by atoms with Gasteiger partial charge in [0.25, 0.3) is 5.91 Å². The van der Waals surface area contributed by atoms with E-state index in [0.29, 0.717) is 31.2 Å². The molecule has 1 aliphatic carbocycles. The van der Waals surface area contributed by atoms with Crippen LogP contribution in [0.3, 0.4) is 0 Å². The summed E-state index contributed by atoms with van der Waals surface area (Å²) in [4.78, 5) is 16.9. The van der Waals surface area contributed by atoms with Gasteiger partial charge in [-0.2, -0.15) is 5.10 Å². The molecule has 2 heterocycles. The van der Waals surface area contributed by atoms with Crippen LogP contribution in [0.15, 0.2) is 30.3 Å². The molecule has 0 bridgehead atoms. The van der Waals surface area contributed by atoms with Crippen molar-refractivity contribution in [1.82, 2.24) is 15.1 Å². The molecule has 1 N–H and O–H groups in total. The van der Waals surface area contributed by atoms with Gasteiger partial charge in [-0.05, 0) is 38.0 Å². The van der Waals surface area contributed by atoms with Gasteiger partial charge >= 0.3 is 0 Å². The Hall–Kier alpha value is -2.50. The highest BCUT2D eigenvalue weighted by molar-refractivity contribution is 5.94. The van der Waals surface area contributed by atoms with Crippen molar-refractivity contribution in [3.05, 3.63) is 41.6 Å². The van der Waals surface area contributed by atoms with Gasteiger partial charge in [0.2, 0.25) is 0 Å². The molecule has 6 heteroatoms. The fourth-order valence-corrected chi connectivity index (χ4v) is 3.30. The standard InChI is InChI=1S/C19H24N4O2/c1-2-25-16-5-3-4-15(12-16)19(24)23-10-8-22(9-11-23)18-13-17(20-21-18)14-6-7-14/h3-5,12-14H,2,6-11H2,1H3,(H,20,21). The molecule has 0 atom stereocenters. The van der Waals surface area contributed by atoms with Gasteiger partial charge in [0.15, 0.2) is 5.82 Å². The highest BCUT2D eigenvalue weighted by Gasteiger charge is 2.28. The summed E-state index contributed by atoms with van der Waals surface area (Å²) in [6, 6.07) is 9.60. The molecule has 1 aliphatic heterocycles. The minimum Gasteiger partial charge on any atom is -0.494 e. The number of benzene rings is 1. The number of carbonyl (C=O) groups is 1. The van der Waals surface area contributed by atoms with Crippen molar-refractivity contribution in [3.8, 4) is 5.75 Å². The van der Waals surface area contributed by atoms with E-state index in [-0.39, 0.29) is 5.91 Å². The average Bonchev–Trinajstić information content (AvgIpc) is 3.39. The van der Waals surface area contributed by atoms with Crippen molar-refractivity contribution < 1.29 is 9.53 Å². The van der Waals surface area contributed by atoms with Crippen molar-refractivity contribution in [2.24, 2.45) is 0 Å². The van der Waals surface area contributed by atoms with Crippen LogP contribution >= 0.6 is 0 Å². The highest BCUT2D eigenvalue weighted by atomic mass is 16.5. The Bertz CT molecular complexity index is 745. The van der Waals surface area contributed by atoms with Gasteiger partial charge < -0.3 is 14.5 Å². The zero-order valence-electron chi connectivity index (χ0n) is 14.6. The molecule has 2 aromatic rings. The summed E-state index contributed by atoms with van der Waals surface area (Å²) < 4.78 is 5.49. The molecule has 6 nitrogen and oxygen atoms in total. The number of carbonyl (C=O) groups excluding carboxylic acids is 1. The maximum absolute atomic E-state index is 12.7. The van der Waals surface area contributed by atoms with Crippen molar-refractivity contribution in [3.63, 3.8) is 0 Å². The first-order valence-corrected chi connectivity index (χ1v) is 9.07. The second-order valence-corrected chi connectivity index (χ2v) is 6.70. The van der Waals surface area contributed by atoms with Crippen LogP contribution in [0.2, 0.25) is 0 Å². The predicted molar refractivity (Wildman–Crippen MR) is 96.3 cm³/mol. The fraction of sp³-hybridized carbons (Fsp3) is 0.474. The van der Waals surface area contributed by atoms with Gasteiger partial charge in [-0.1, -0.05) is 6.07 Å². The monoisotopic (exact) mass is 340 g/mol. The van der Waals surface area contributed by atoms with E-state index in [1.165, 1.54) is 18.5 Å². The molecule has 4 rings (SSSR count). The summed E-state index contributed by atoms with van der Waals surface area (Å²) in [7, 11) is 0. The Balaban J connectivity index is 1.37. The minimum absolute atomic E-state index is 0.0712. The van der Waals surface area contributed by atoms with Crippen LogP contribution in [0.4, 0.5) is 5.82 Å². The summed E-state index contributed by atoms with van der Waals surface area (Å²) in [5, 5.41) is 7.60. The maximum Gasteiger partial charge on any atom is 0.254 e. The summed E-state index contributed by atoms with van der Waals surface area (Å²) >= 11 is 0. The third-order valence-electron chi connectivity index (χ3n) is 4.88. The number of hydrogen-bond acceptors (Lipinski definition) is 4. The molecule has 1 amide bonds. The Morgan fingerprint density at radius 3 is 2.76 bits per heavy atom. The third-order valence-corrected chi connectivity index (χ3v) is 4.88. The quantitative estimate of drug-likeness (QED) is 0.909. The summed E-state index contributed by atoms with van der Waals surface area (Å²) in [5.74, 6) is 2.51. The van der Waals surface area contributed by atoms with Gasteiger partial charge in [0.1, 0.15) is 5.75 Å². The van der Waals surface area contributed by atoms with Crippen LogP contribution < -0.4 is 9.64 Å². The second-order valence-electron chi connectivity index (χ2n) is 6.70. The van der Waals surface area contributed by atoms with Gasteiger partial charge in [-0.25, -0.2) is 0 Å². The fourth-order valence-electron chi connectivity index (χ4n) is 3.30. The minimum atomic E-state index is 0.0712. The molecule has 0 unspecified atom stereocenters. The van der Waals surface area contributed by atoms with E-state index in [1.807, 2.05) is 36.1 Å². The van der Waals surface area contributed by atoms with Crippen LogP contribution in [0, 0.1) is 0 Å². The number of H-pyrrole nitrogens is 1. The van der Waals surface area contributed by atoms with E-state index >= 15 is 0 Å². The molecule has 1 aromatic carbocycles. The third kappa shape index (κ3) is 3.48. The lowest BCUT2D eigenvalue weighted by atomic mass is 10.1. The van der Waals surface area contributed by atoms with Crippen LogP contribution in [-0.2, 0) is 0 Å². The lowest BCUT2D eigenvalue weighted by Gasteiger charge is -2.34. The van der Waals surface area contributed by atoms with Crippen molar-refractivity contribution in [2.45, 2.75) is 25.7 Å². The first kappa shape index (κ1) is 16.0. The number of amides is 1. The number of anilines is 1. The van der Waals surface area contributed by atoms with Gasteiger partial charge in [-0.15, -0.1) is 0 Å². The van der Waals surface area contributed by atoms with E-state index in [1.54, 1.807) is 0 Å². The molecule has 132 valence electrons. The second kappa shape index (κ2) is 6.78. The lowest BCUT2D eigenvalue weighted by molar-refractivity contribution is 0.0746. The lowest BCUT2D eigenvalue weighted by Crippen LogP contribution is -2.48. The zero-order valence-corrected chi connectivity index (χ0v) is 14.6. The number of hydrogen-bond donors (Lipinski definition) is 1. The van der Waals surface area contributed by atoms with Crippen molar-refractivity contribution >= 4 is 11.7 Å². The number of nitrogens with zero attached hydrogens (tertiary/aromatic N) is 3. The first-order chi connectivity index (χ1) is 12.2. The Morgan fingerprint density at radius 1 is 1.24 bits per heavy atom. The smallest absolute Gasteiger partial charge is 0.254 e. The number of nitrogens with one attached hydrogen (secondary N) is 1. The van der Waals surface area contributed by atoms with Crippen LogP contribution in [0.5, 0.6) is 5.75 Å². The SMILES string of the molecule is CCOc1cccc(C(=O)N2CCN(c3cc(C4CC4)[nH]n3)CC2)c1. The average molecular weight is 340 g/mol. The Labute approximate surface area is 147 Å². The maximum atomic E-state index is 12.7. The van der Waals surface area contributed by atoms with E-state index in [4.69, 9.17) is 4.74 Å². The van der Waals surface area contributed by atoms with E-state index in [9.17, 15) is 4.79 Å². The van der Waals surface area contributed by atoms with Gasteiger partial charge in [0.05, 0.1) is 6.61 Å². The topological polar surface area (TPSA) is 61.5 Å². The van der Waals surface area contributed by atoms with Crippen molar-refractivity contribution in [1.29, 1.82) is 0 Å². The normalized spacial score (nSPS) is 17.6. The first-order valence-electron chi connectivity index (χ1n) is 9.07. The van der Waals surface area contributed by atoms with Gasteiger partial charge in [-0.3, -0.25) is 9.89 Å². The number of aromatic amines is 1. The van der Waals surface area contributed by atoms with Crippen LogP contribution in [-0.4, -0.2) is 53.8 Å². The van der Waals surface area contributed by atoms with Crippen LogP contribution in [0.25, 0.3) is 0 Å². The van der Waals surface area contributed by atoms with Gasteiger partial charge in [0, 0.05) is 49.4 Å². The highest BCUT2D eigenvalue weighted by Crippen LogP contribution is 2.39. The summed E-state index contributed by atoms with van der Waals surface area (Å²) in [6.45, 7) is 5.59. The molecule has 2 aliphatic rings. The number of aromatic nitrogens is 2. The molecular weight excluding hydrogens is 316 g/mol. The van der Waals surface area contributed by atoms with E-state index < -0.39 is 0 Å². The van der Waals surface area contributed by atoms with E-state index in [0.717, 1.165) is 24.7 Å². The molecule has 2 fully saturated rings. The van der Waals surface area contributed by atoms with Crippen molar-refractivity contribution in [2.75, 3.05) is 37.7 Å². The molecule has 0 radical (unpaired) electrons. The number of ether oxygens (including phenoxy) is 1. The summed E-state index contributed by atoms with van der Waals surface area (Å²) in [6.07, 6.45) is 2.54. The molecule has 1 aromatic heterocycles. The Morgan fingerprint density at radius 2 is 2.04 bits per heavy atom.